The van der Waals surface area contributed by atoms with Crippen molar-refractivity contribution in [2.75, 3.05) is 41.9 Å². The van der Waals surface area contributed by atoms with Gasteiger partial charge in [0.2, 0.25) is 0 Å². The Kier molecular flexibility index (Phi) is 7.13. The molecule has 2 aliphatic rings. The van der Waals surface area contributed by atoms with Crippen molar-refractivity contribution in [3.05, 3.63) is 60.0 Å². The molecule has 2 aromatic heterocycles. The molecule has 1 fully saturated rings. The van der Waals surface area contributed by atoms with Gasteiger partial charge in [-0.1, -0.05) is 0 Å². The van der Waals surface area contributed by atoms with E-state index in [2.05, 4.69) is 27.4 Å². The summed E-state index contributed by atoms with van der Waals surface area (Å²) in [7, 11) is 0. The van der Waals surface area contributed by atoms with Crippen LogP contribution in [0.5, 0.6) is 0 Å². The zero-order chi connectivity index (χ0) is 25.8. The number of hydrogen-bond acceptors (Lipinski definition) is 8. The second kappa shape index (κ2) is 10.8. The Balaban J connectivity index is 1.39. The fourth-order valence-corrected chi connectivity index (χ4v) is 4.42. The number of benzene rings is 1. The maximum Gasteiger partial charge on any atom is 0.410 e. The van der Waals surface area contributed by atoms with Gasteiger partial charge in [-0.15, -0.1) is 0 Å². The van der Waals surface area contributed by atoms with Gasteiger partial charge >= 0.3 is 12.1 Å². The molecule has 3 aromatic rings. The highest BCUT2D eigenvalue weighted by atomic mass is 16.6. The van der Waals surface area contributed by atoms with Crippen molar-refractivity contribution in [1.82, 2.24) is 19.9 Å². The summed E-state index contributed by atoms with van der Waals surface area (Å²) in [6, 6.07) is 10.6. The molecule has 5 rings (SSSR count). The Morgan fingerprint density at radius 2 is 1.78 bits per heavy atom. The van der Waals surface area contributed by atoms with Crippen LogP contribution in [0.2, 0.25) is 0 Å². The number of nitrogens with zero attached hydrogens (tertiary/aromatic N) is 5. The molecule has 1 aromatic carbocycles. The largest absolute Gasteiger partial charge is 0.450 e. The number of morpholine rings is 1. The lowest BCUT2D eigenvalue weighted by molar-refractivity contribution is 0.0980. The number of carbonyl (C=O) groups excluding carboxylic acids is 2. The Hall–Kier alpha value is -4.25. The minimum atomic E-state index is -0.358. The molecule has 0 unspecified atom stereocenters. The van der Waals surface area contributed by atoms with Crippen LogP contribution in [-0.4, -0.2) is 64.4 Å². The first-order valence-corrected chi connectivity index (χ1v) is 12.3. The summed E-state index contributed by atoms with van der Waals surface area (Å²) in [6.45, 7) is 6.91. The Morgan fingerprint density at radius 1 is 1.05 bits per heavy atom. The highest BCUT2D eigenvalue weighted by molar-refractivity contribution is 5.99. The molecule has 0 radical (unpaired) electrons. The minimum Gasteiger partial charge on any atom is -0.450 e. The van der Waals surface area contributed by atoms with Crippen molar-refractivity contribution >= 4 is 29.3 Å². The van der Waals surface area contributed by atoms with E-state index in [0.29, 0.717) is 56.7 Å². The van der Waals surface area contributed by atoms with Gasteiger partial charge in [0.1, 0.15) is 5.82 Å². The summed E-state index contributed by atoms with van der Waals surface area (Å²) in [4.78, 5) is 42.3. The summed E-state index contributed by atoms with van der Waals surface area (Å²) >= 11 is 0. The third kappa shape index (κ3) is 5.46. The fraction of sp³-hybridized carbons (Fsp3) is 0.346. The summed E-state index contributed by atoms with van der Waals surface area (Å²) in [6.07, 6.45) is 2.86. The third-order valence-corrected chi connectivity index (χ3v) is 6.27. The Morgan fingerprint density at radius 3 is 2.49 bits per heavy atom. The van der Waals surface area contributed by atoms with E-state index in [4.69, 9.17) is 19.4 Å². The summed E-state index contributed by atoms with van der Waals surface area (Å²) < 4.78 is 10.9. The molecule has 4 heterocycles. The van der Waals surface area contributed by atoms with Crippen LogP contribution in [0.1, 0.15) is 25.1 Å². The van der Waals surface area contributed by atoms with Crippen LogP contribution in [0.4, 0.5) is 26.8 Å². The van der Waals surface area contributed by atoms with Gasteiger partial charge in [-0.3, -0.25) is 9.88 Å². The monoisotopic (exact) mass is 503 g/mol. The van der Waals surface area contributed by atoms with E-state index in [1.807, 2.05) is 12.1 Å². The van der Waals surface area contributed by atoms with Gasteiger partial charge in [0, 0.05) is 41.4 Å². The molecule has 37 heavy (non-hydrogen) atoms. The van der Waals surface area contributed by atoms with Crippen LogP contribution in [0.25, 0.3) is 11.4 Å². The molecule has 0 saturated carbocycles. The number of anilines is 3. The number of pyridine rings is 1. The average molecular weight is 504 g/mol. The standard InChI is InChI=1S/C26H29N7O4/c1-3-37-26(35)32-14-21-22(15-32)30-23(31-24(21)33-12-13-36-16-17(33)2)18-4-6-19(7-5-18)28-25(34)29-20-8-10-27-11-9-20/h4-11,17H,3,12-16H2,1-2H3,(H2,27,28,29,34)/t17-/m0/s1. The molecule has 1 atom stereocenters. The summed E-state index contributed by atoms with van der Waals surface area (Å²) in [5.74, 6) is 1.38. The highest BCUT2D eigenvalue weighted by Gasteiger charge is 2.33. The van der Waals surface area contributed by atoms with Crippen LogP contribution < -0.4 is 15.5 Å². The quantitative estimate of drug-likeness (QED) is 0.538. The maximum absolute atomic E-state index is 12.4. The van der Waals surface area contributed by atoms with Crippen LogP contribution >= 0.6 is 0 Å². The molecule has 0 aliphatic carbocycles. The second-order valence-corrected chi connectivity index (χ2v) is 8.86. The van der Waals surface area contributed by atoms with Crippen molar-refractivity contribution in [2.45, 2.75) is 33.0 Å². The molecule has 11 nitrogen and oxygen atoms in total. The van der Waals surface area contributed by atoms with E-state index in [1.54, 1.807) is 48.5 Å². The molecule has 2 aliphatic heterocycles. The topological polar surface area (TPSA) is 122 Å². The van der Waals surface area contributed by atoms with E-state index >= 15 is 0 Å². The van der Waals surface area contributed by atoms with Gasteiger partial charge in [-0.2, -0.15) is 0 Å². The summed E-state index contributed by atoms with van der Waals surface area (Å²) in [5, 5.41) is 5.58. The lowest BCUT2D eigenvalue weighted by Crippen LogP contribution is -2.44. The van der Waals surface area contributed by atoms with Gasteiger partial charge in [0.05, 0.1) is 44.6 Å². The fourth-order valence-electron chi connectivity index (χ4n) is 4.42. The SMILES string of the molecule is CCOC(=O)N1Cc2nc(-c3ccc(NC(=O)Nc4ccncc4)cc3)nc(N3CCOC[C@@H]3C)c2C1. The molecular weight excluding hydrogens is 474 g/mol. The molecule has 0 spiro atoms. The van der Waals surface area contributed by atoms with Crippen LogP contribution in [0, 0.1) is 0 Å². The number of hydrogen-bond donors (Lipinski definition) is 2. The van der Waals surface area contributed by atoms with E-state index in [-0.39, 0.29) is 18.2 Å². The van der Waals surface area contributed by atoms with E-state index in [1.165, 1.54) is 0 Å². The molecule has 1 saturated heterocycles. The van der Waals surface area contributed by atoms with Crippen molar-refractivity contribution in [3.63, 3.8) is 0 Å². The average Bonchev–Trinajstić information content (AvgIpc) is 3.34. The Labute approximate surface area is 214 Å². The second-order valence-electron chi connectivity index (χ2n) is 8.86. The molecule has 192 valence electrons. The highest BCUT2D eigenvalue weighted by Crippen LogP contribution is 2.34. The van der Waals surface area contributed by atoms with Crippen LogP contribution in [-0.2, 0) is 22.6 Å². The van der Waals surface area contributed by atoms with Gasteiger partial charge in [0.25, 0.3) is 0 Å². The van der Waals surface area contributed by atoms with Crippen LogP contribution in [0.3, 0.4) is 0 Å². The molecule has 0 bridgehead atoms. The van der Waals surface area contributed by atoms with E-state index < -0.39 is 0 Å². The maximum atomic E-state index is 12.4. The molecular formula is C26H29N7O4. The number of aromatic nitrogens is 3. The first kappa shape index (κ1) is 24.4. The number of fused-ring (bicyclic) bond motifs is 1. The minimum absolute atomic E-state index is 0.141. The summed E-state index contributed by atoms with van der Waals surface area (Å²) in [5.41, 5.74) is 3.84. The molecule has 3 amide bonds. The first-order chi connectivity index (χ1) is 18.0. The molecule has 2 N–H and O–H groups in total. The van der Waals surface area contributed by atoms with Crippen molar-refractivity contribution < 1.29 is 19.1 Å². The number of rotatable bonds is 5. The predicted molar refractivity (Wildman–Crippen MR) is 138 cm³/mol. The zero-order valence-corrected chi connectivity index (χ0v) is 20.8. The van der Waals surface area contributed by atoms with Gasteiger partial charge < -0.3 is 25.0 Å². The zero-order valence-electron chi connectivity index (χ0n) is 20.8. The van der Waals surface area contributed by atoms with Crippen molar-refractivity contribution in [3.8, 4) is 11.4 Å². The predicted octanol–water partition coefficient (Wildman–Crippen LogP) is 3.88. The van der Waals surface area contributed by atoms with Gasteiger partial charge in [0.15, 0.2) is 5.82 Å². The number of carbonyl (C=O) groups is 2. The third-order valence-electron chi connectivity index (χ3n) is 6.27. The first-order valence-electron chi connectivity index (χ1n) is 12.3. The Bertz CT molecular complexity index is 1270. The lowest BCUT2D eigenvalue weighted by atomic mass is 10.1. The number of nitrogens with one attached hydrogen (secondary N) is 2. The van der Waals surface area contributed by atoms with Crippen molar-refractivity contribution in [1.29, 1.82) is 0 Å². The van der Waals surface area contributed by atoms with Gasteiger partial charge in [-0.25, -0.2) is 19.6 Å². The van der Waals surface area contributed by atoms with Crippen LogP contribution in [0.15, 0.2) is 48.8 Å². The number of amides is 3. The number of ether oxygens (including phenoxy) is 2. The van der Waals surface area contributed by atoms with Crippen molar-refractivity contribution in [2.24, 2.45) is 0 Å². The van der Waals surface area contributed by atoms with E-state index in [9.17, 15) is 9.59 Å². The molecule has 11 heteroatoms. The number of urea groups is 1. The lowest BCUT2D eigenvalue weighted by Gasteiger charge is -2.35. The van der Waals surface area contributed by atoms with Gasteiger partial charge in [-0.05, 0) is 50.2 Å². The normalized spacial score (nSPS) is 16.8. The van der Waals surface area contributed by atoms with E-state index in [0.717, 1.165) is 22.6 Å². The smallest absolute Gasteiger partial charge is 0.410 e.